The number of aryl methyl sites for hydroxylation is 1. The van der Waals surface area contributed by atoms with E-state index >= 15 is 0 Å². The number of aromatic hydroxyl groups is 1. The molecule has 1 amide bonds. The van der Waals surface area contributed by atoms with Gasteiger partial charge in [0.05, 0.1) is 17.3 Å². The topological polar surface area (TPSA) is 111 Å². The van der Waals surface area contributed by atoms with Crippen LogP contribution >= 0.6 is 0 Å². The standard InChI is InChI=1S/C16H17N7O2/c1-22-7-6-17-15(22)14(10-2-3-10)19-16(25)12-8-11(4-5-13(12)24)23-9-18-20-21-23/h4-10,14,24H,2-3H2,1H3,(H,19,25). The van der Waals surface area contributed by atoms with Crippen molar-refractivity contribution in [3.63, 3.8) is 0 Å². The van der Waals surface area contributed by atoms with Gasteiger partial charge in [-0.2, -0.15) is 0 Å². The van der Waals surface area contributed by atoms with Crippen molar-refractivity contribution in [3.8, 4) is 11.4 Å². The Kier molecular flexibility index (Phi) is 3.68. The van der Waals surface area contributed by atoms with Crippen LogP contribution in [0.25, 0.3) is 5.69 Å². The summed E-state index contributed by atoms with van der Waals surface area (Å²) in [4.78, 5) is 17.1. The largest absolute Gasteiger partial charge is 0.507 e. The fourth-order valence-corrected chi connectivity index (χ4v) is 2.85. The van der Waals surface area contributed by atoms with E-state index in [1.807, 2.05) is 17.8 Å². The predicted molar refractivity (Wildman–Crippen MR) is 87.0 cm³/mol. The first-order valence-electron chi connectivity index (χ1n) is 7.98. The minimum Gasteiger partial charge on any atom is -0.507 e. The lowest BCUT2D eigenvalue weighted by Gasteiger charge is -2.18. The molecule has 1 unspecified atom stereocenters. The Morgan fingerprint density at radius 1 is 1.40 bits per heavy atom. The molecule has 1 fully saturated rings. The highest BCUT2D eigenvalue weighted by Gasteiger charge is 2.36. The van der Waals surface area contributed by atoms with Crippen molar-refractivity contribution in [3.05, 3.63) is 48.3 Å². The number of tetrazole rings is 1. The van der Waals surface area contributed by atoms with Crippen LogP contribution in [0.5, 0.6) is 5.75 Å². The third-order valence-electron chi connectivity index (χ3n) is 4.35. The van der Waals surface area contributed by atoms with Crippen molar-refractivity contribution < 1.29 is 9.90 Å². The Morgan fingerprint density at radius 3 is 2.88 bits per heavy atom. The molecular weight excluding hydrogens is 322 g/mol. The van der Waals surface area contributed by atoms with Crippen molar-refractivity contribution >= 4 is 5.91 Å². The molecule has 1 atom stereocenters. The molecule has 0 spiro atoms. The first kappa shape index (κ1) is 15.3. The smallest absolute Gasteiger partial charge is 0.255 e. The summed E-state index contributed by atoms with van der Waals surface area (Å²) in [5.41, 5.74) is 0.765. The van der Waals surface area contributed by atoms with E-state index in [4.69, 9.17) is 0 Å². The van der Waals surface area contributed by atoms with Gasteiger partial charge in [-0.3, -0.25) is 4.79 Å². The fraction of sp³-hybridized carbons (Fsp3) is 0.312. The van der Waals surface area contributed by atoms with Crippen LogP contribution in [0.1, 0.15) is 35.1 Å². The maximum Gasteiger partial charge on any atom is 0.255 e. The van der Waals surface area contributed by atoms with Crippen LogP contribution in [0.15, 0.2) is 36.9 Å². The van der Waals surface area contributed by atoms with Crippen LogP contribution in [-0.4, -0.2) is 40.8 Å². The van der Waals surface area contributed by atoms with Crippen LogP contribution in [0.3, 0.4) is 0 Å². The number of hydrogen-bond acceptors (Lipinski definition) is 6. The van der Waals surface area contributed by atoms with Gasteiger partial charge in [0.1, 0.15) is 17.9 Å². The Bertz CT molecular complexity index is 899. The number of rotatable bonds is 5. The van der Waals surface area contributed by atoms with Crippen molar-refractivity contribution in [2.24, 2.45) is 13.0 Å². The second kappa shape index (κ2) is 6.00. The van der Waals surface area contributed by atoms with Crippen molar-refractivity contribution in [2.45, 2.75) is 18.9 Å². The molecule has 9 nitrogen and oxygen atoms in total. The summed E-state index contributed by atoms with van der Waals surface area (Å²) in [6.45, 7) is 0. The number of nitrogens with one attached hydrogen (secondary N) is 1. The SMILES string of the molecule is Cn1ccnc1C(NC(=O)c1cc(-n2cnnn2)ccc1O)C1CC1. The Hall–Kier alpha value is -3.23. The molecule has 1 aliphatic rings. The van der Waals surface area contributed by atoms with E-state index in [1.165, 1.54) is 17.1 Å². The van der Waals surface area contributed by atoms with E-state index in [9.17, 15) is 9.90 Å². The van der Waals surface area contributed by atoms with Gasteiger partial charge in [-0.15, -0.1) is 5.10 Å². The lowest BCUT2D eigenvalue weighted by Crippen LogP contribution is -2.31. The predicted octanol–water partition coefficient (Wildman–Crippen LogP) is 0.982. The molecule has 3 aromatic rings. The number of benzene rings is 1. The zero-order chi connectivity index (χ0) is 17.4. The van der Waals surface area contributed by atoms with Gasteiger partial charge >= 0.3 is 0 Å². The maximum atomic E-state index is 12.8. The quantitative estimate of drug-likeness (QED) is 0.717. The summed E-state index contributed by atoms with van der Waals surface area (Å²) in [5.74, 6) is 0.734. The van der Waals surface area contributed by atoms with Crippen LogP contribution in [0, 0.1) is 5.92 Å². The van der Waals surface area contributed by atoms with Gasteiger partial charge in [0.15, 0.2) is 0 Å². The minimum atomic E-state index is -0.354. The zero-order valence-corrected chi connectivity index (χ0v) is 13.6. The number of phenols is 1. The normalized spacial score (nSPS) is 15.1. The first-order chi connectivity index (χ1) is 12.1. The number of carbonyl (C=O) groups excluding carboxylic acids is 1. The number of phenolic OH excluding ortho intramolecular Hbond substituents is 1. The lowest BCUT2D eigenvalue weighted by atomic mass is 10.1. The van der Waals surface area contributed by atoms with Crippen LogP contribution < -0.4 is 5.32 Å². The number of nitrogens with zero attached hydrogens (tertiary/aromatic N) is 6. The van der Waals surface area contributed by atoms with Crippen LogP contribution in [0.2, 0.25) is 0 Å². The number of carbonyl (C=O) groups is 1. The molecule has 2 aromatic heterocycles. The van der Waals surface area contributed by atoms with E-state index in [1.54, 1.807) is 18.3 Å². The van der Waals surface area contributed by atoms with E-state index in [-0.39, 0.29) is 23.3 Å². The highest BCUT2D eigenvalue weighted by Crippen LogP contribution is 2.40. The van der Waals surface area contributed by atoms with Crippen molar-refractivity contribution in [2.75, 3.05) is 0 Å². The van der Waals surface area contributed by atoms with Crippen molar-refractivity contribution in [1.82, 2.24) is 35.1 Å². The summed E-state index contributed by atoms with van der Waals surface area (Å²) >= 11 is 0. The Labute approximate surface area is 143 Å². The second-order valence-corrected chi connectivity index (χ2v) is 6.14. The molecular formula is C16H17N7O2. The molecule has 1 aliphatic carbocycles. The molecule has 2 N–H and O–H groups in total. The molecule has 0 saturated heterocycles. The first-order valence-corrected chi connectivity index (χ1v) is 7.98. The fourth-order valence-electron chi connectivity index (χ4n) is 2.85. The lowest BCUT2D eigenvalue weighted by molar-refractivity contribution is 0.0926. The number of aromatic nitrogens is 6. The molecule has 2 heterocycles. The number of amides is 1. The van der Waals surface area contributed by atoms with Gasteiger partial charge in [-0.1, -0.05) is 0 Å². The van der Waals surface area contributed by atoms with E-state index in [2.05, 4.69) is 25.8 Å². The Morgan fingerprint density at radius 2 is 2.24 bits per heavy atom. The van der Waals surface area contributed by atoms with Crippen molar-refractivity contribution in [1.29, 1.82) is 0 Å². The summed E-state index contributed by atoms with van der Waals surface area (Å²) in [7, 11) is 1.90. The van der Waals surface area contributed by atoms with Crippen LogP contribution in [0.4, 0.5) is 0 Å². The minimum absolute atomic E-state index is 0.0938. The molecule has 128 valence electrons. The zero-order valence-electron chi connectivity index (χ0n) is 13.6. The molecule has 9 heteroatoms. The van der Waals surface area contributed by atoms with Gasteiger partial charge in [-0.05, 0) is 47.4 Å². The summed E-state index contributed by atoms with van der Waals surface area (Å²) < 4.78 is 3.33. The van der Waals surface area contributed by atoms with Gasteiger partial charge < -0.3 is 15.0 Å². The average Bonchev–Trinajstić information content (AvgIpc) is 3.12. The maximum absolute atomic E-state index is 12.8. The van der Waals surface area contributed by atoms with Gasteiger partial charge in [0.25, 0.3) is 5.91 Å². The van der Waals surface area contributed by atoms with E-state index < -0.39 is 0 Å². The Balaban J connectivity index is 1.62. The summed E-state index contributed by atoms with van der Waals surface area (Å²) in [5, 5.41) is 24.1. The molecule has 0 aliphatic heterocycles. The molecule has 1 aromatic carbocycles. The third kappa shape index (κ3) is 2.95. The van der Waals surface area contributed by atoms with E-state index in [0.29, 0.717) is 11.6 Å². The van der Waals surface area contributed by atoms with Gasteiger partial charge in [-0.25, -0.2) is 9.67 Å². The van der Waals surface area contributed by atoms with E-state index in [0.717, 1.165) is 18.7 Å². The molecule has 25 heavy (non-hydrogen) atoms. The van der Waals surface area contributed by atoms with Gasteiger partial charge in [0.2, 0.25) is 0 Å². The molecule has 4 rings (SSSR count). The average molecular weight is 339 g/mol. The summed E-state index contributed by atoms with van der Waals surface area (Å²) in [6.07, 6.45) is 7.09. The third-order valence-corrected chi connectivity index (χ3v) is 4.35. The molecule has 0 bridgehead atoms. The van der Waals surface area contributed by atoms with Crippen LogP contribution in [-0.2, 0) is 7.05 Å². The van der Waals surface area contributed by atoms with Gasteiger partial charge in [0, 0.05) is 19.4 Å². The summed E-state index contributed by atoms with van der Waals surface area (Å²) in [6, 6.07) is 4.48. The monoisotopic (exact) mass is 339 g/mol. The number of imidazole rings is 1. The second-order valence-electron chi connectivity index (χ2n) is 6.14. The number of hydrogen-bond donors (Lipinski definition) is 2. The molecule has 1 saturated carbocycles. The molecule has 0 radical (unpaired) electrons. The highest BCUT2D eigenvalue weighted by molar-refractivity contribution is 5.97. The highest BCUT2D eigenvalue weighted by atomic mass is 16.3.